The van der Waals surface area contributed by atoms with Crippen LogP contribution in [0.2, 0.25) is 5.02 Å². The van der Waals surface area contributed by atoms with Crippen molar-refractivity contribution in [3.05, 3.63) is 47.0 Å². The van der Waals surface area contributed by atoms with Crippen molar-refractivity contribution in [1.82, 2.24) is 19.7 Å². The third-order valence-electron chi connectivity index (χ3n) is 3.56. The number of rotatable bonds is 6. The van der Waals surface area contributed by atoms with Gasteiger partial charge in [-0.25, -0.2) is 0 Å². The Balaban J connectivity index is 2.14. The summed E-state index contributed by atoms with van der Waals surface area (Å²) in [6.07, 6.45) is 6.60. The molecule has 0 aromatic carbocycles. The molecule has 4 nitrogen and oxygen atoms in total. The van der Waals surface area contributed by atoms with E-state index in [2.05, 4.69) is 41.0 Å². The van der Waals surface area contributed by atoms with Gasteiger partial charge in [0.05, 0.1) is 10.7 Å². The van der Waals surface area contributed by atoms with Crippen molar-refractivity contribution in [3.8, 4) is 0 Å². The Kier molecular flexibility index (Phi) is 5.15. The highest BCUT2D eigenvalue weighted by atomic mass is 35.5. The highest BCUT2D eigenvalue weighted by Crippen LogP contribution is 2.19. The average molecular weight is 293 g/mol. The van der Waals surface area contributed by atoms with E-state index < -0.39 is 0 Å². The van der Waals surface area contributed by atoms with Crippen molar-refractivity contribution in [2.75, 3.05) is 0 Å². The van der Waals surface area contributed by atoms with Gasteiger partial charge >= 0.3 is 0 Å². The maximum Gasteiger partial charge on any atom is 0.0950 e. The molecule has 0 N–H and O–H groups in total. The average Bonchev–Trinajstić information content (AvgIpc) is 2.76. The SMILES string of the molecule is CCC(C)N(Cc1ccncc1)Cc1nn(C)cc1Cl. The van der Waals surface area contributed by atoms with Crippen LogP contribution in [-0.4, -0.2) is 25.7 Å². The molecule has 0 saturated heterocycles. The van der Waals surface area contributed by atoms with Crippen LogP contribution >= 0.6 is 11.6 Å². The van der Waals surface area contributed by atoms with E-state index in [1.165, 1.54) is 5.56 Å². The zero-order valence-electron chi connectivity index (χ0n) is 12.3. The van der Waals surface area contributed by atoms with Gasteiger partial charge in [0.1, 0.15) is 0 Å². The molecule has 2 aromatic rings. The third kappa shape index (κ3) is 3.81. The second-order valence-electron chi connectivity index (χ2n) is 5.12. The summed E-state index contributed by atoms with van der Waals surface area (Å²) in [5.74, 6) is 0. The Morgan fingerprint density at radius 2 is 2.00 bits per heavy atom. The monoisotopic (exact) mass is 292 g/mol. The topological polar surface area (TPSA) is 34.0 Å². The minimum Gasteiger partial charge on any atom is -0.290 e. The zero-order chi connectivity index (χ0) is 14.5. The first-order valence-corrected chi connectivity index (χ1v) is 7.29. The van der Waals surface area contributed by atoms with E-state index in [4.69, 9.17) is 11.6 Å². The highest BCUT2D eigenvalue weighted by Gasteiger charge is 2.16. The predicted molar refractivity (Wildman–Crippen MR) is 81.5 cm³/mol. The second-order valence-corrected chi connectivity index (χ2v) is 5.52. The lowest BCUT2D eigenvalue weighted by Gasteiger charge is -2.27. The van der Waals surface area contributed by atoms with Gasteiger partial charge in [0.2, 0.25) is 0 Å². The molecule has 0 fully saturated rings. The fourth-order valence-corrected chi connectivity index (χ4v) is 2.39. The lowest BCUT2D eigenvalue weighted by Crippen LogP contribution is -2.32. The molecular formula is C15H21ClN4. The van der Waals surface area contributed by atoms with Crippen molar-refractivity contribution in [2.24, 2.45) is 7.05 Å². The minimum absolute atomic E-state index is 0.473. The molecule has 0 amide bonds. The standard InChI is InChI=1S/C15H21ClN4/c1-4-12(2)20(9-13-5-7-17-8-6-13)11-15-14(16)10-19(3)18-15/h5-8,10,12H,4,9,11H2,1-3H3. The van der Waals surface area contributed by atoms with Crippen LogP contribution < -0.4 is 0 Å². The van der Waals surface area contributed by atoms with Crippen LogP contribution in [0.1, 0.15) is 31.5 Å². The maximum atomic E-state index is 6.22. The van der Waals surface area contributed by atoms with Crippen molar-refractivity contribution in [2.45, 2.75) is 39.4 Å². The summed E-state index contributed by atoms with van der Waals surface area (Å²) in [5.41, 5.74) is 2.19. The summed E-state index contributed by atoms with van der Waals surface area (Å²) in [7, 11) is 1.89. The zero-order valence-corrected chi connectivity index (χ0v) is 13.0. The van der Waals surface area contributed by atoms with E-state index in [1.54, 1.807) is 4.68 Å². The quantitative estimate of drug-likeness (QED) is 0.819. The van der Waals surface area contributed by atoms with E-state index in [0.717, 1.165) is 30.2 Å². The normalized spacial score (nSPS) is 12.8. The van der Waals surface area contributed by atoms with E-state index in [9.17, 15) is 0 Å². The summed E-state index contributed by atoms with van der Waals surface area (Å²) < 4.78 is 1.76. The number of hydrogen-bond donors (Lipinski definition) is 0. The molecule has 0 bridgehead atoms. The molecule has 2 aromatic heterocycles. The van der Waals surface area contributed by atoms with Gasteiger partial charge in [0.15, 0.2) is 0 Å². The van der Waals surface area contributed by atoms with Gasteiger partial charge in [0.25, 0.3) is 0 Å². The lowest BCUT2D eigenvalue weighted by molar-refractivity contribution is 0.183. The van der Waals surface area contributed by atoms with E-state index in [-0.39, 0.29) is 0 Å². The Hall–Kier alpha value is -1.39. The molecule has 1 unspecified atom stereocenters. The molecule has 0 aliphatic rings. The lowest BCUT2D eigenvalue weighted by atomic mass is 10.1. The molecule has 1 atom stereocenters. The molecule has 108 valence electrons. The van der Waals surface area contributed by atoms with E-state index in [0.29, 0.717) is 6.04 Å². The van der Waals surface area contributed by atoms with Gasteiger partial charge in [-0.3, -0.25) is 14.6 Å². The predicted octanol–water partition coefficient (Wildman–Crippen LogP) is 3.27. The molecule has 0 saturated carbocycles. The first-order valence-electron chi connectivity index (χ1n) is 6.91. The Labute approximate surface area is 125 Å². The first-order chi connectivity index (χ1) is 9.60. The number of aromatic nitrogens is 3. The molecule has 2 rings (SSSR count). The Morgan fingerprint density at radius 1 is 1.30 bits per heavy atom. The number of hydrogen-bond acceptors (Lipinski definition) is 3. The maximum absolute atomic E-state index is 6.22. The van der Waals surface area contributed by atoms with Crippen LogP contribution in [0, 0.1) is 0 Å². The Bertz CT molecular complexity index is 538. The number of pyridine rings is 1. The van der Waals surface area contributed by atoms with E-state index in [1.807, 2.05) is 25.6 Å². The van der Waals surface area contributed by atoms with Gasteiger partial charge < -0.3 is 0 Å². The van der Waals surface area contributed by atoms with Gasteiger partial charge in [-0.2, -0.15) is 5.10 Å². The summed E-state index contributed by atoms with van der Waals surface area (Å²) in [6, 6.07) is 4.58. The molecule has 5 heteroatoms. The molecule has 0 spiro atoms. The van der Waals surface area contributed by atoms with Gasteiger partial charge in [-0.1, -0.05) is 18.5 Å². The fraction of sp³-hybridized carbons (Fsp3) is 0.467. The largest absolute Gasteiger partial charge is 0.290 e. The smallest absolute Gasteiger partial charge is 0.0950 e. The van der Waals surface area contributed by atoms with Crippen molar-refractivity contribution in [3.63, 3.8) is 0 Å². The van der Waals surface area contributed by atoms with Crippen molar-refractivity contribution < 1.29 is 0 Å². The highest BCUT2D eigenvalue weighted by molar-refractivity contribution is 6.31. The third-order valence-corrected chi connectivity index (χ3v) is 3.87. The second kappa shape index (κ2) is 6.86. The number of halogens is 1. The summed E-state index contributed by atoms with van der Waals surface area (Å²) in [5, 5.41) is 5.17. The van der Waals surface area contributed by atoms with Gasteiger partial charge in [-0.05, 0) is 31.0 Å². The number of nitrogens with zero attached hydrogens (tertiary/aromatic N) is 4. The Morgan fingerprint density at radius 3 is 2.55 bits per heavy atom. The van der Waals surface area contributed by atoms with Crippen LogP contribution in [0.25, 0.3) is 0 Å². The molecular weight excluding hydrogens is 272 g/mol. The molecule has 20 heavy (non-hydrogen) atoms. The molecule has 0 aliphatic carbocycles. The fourth-order valence-electron chi connectivity index (χ4n) is 2.15. The molecule has 2 heterocycles. The van der Waals surface area contributed by atoms with Crippen LogP contribution in [-0.2, 0) is 20.1 Å². The molecule has 0 radical (unpaired) electrons. The van der Waals surface area contributed by atoms with Crippen LogP contribution in [0.5, 0.6) is 0 Å². The van der Waals surface area contributed by atoms with Crippen LogP contribution in [0.3, 0.4) is 0 Å². The minimum atomic E-state index is 0.473. The summed E-state index contributed by atoms with van der Waals surface area (Å²) >= 11 is 6.22. The van der Waals surface area contributed by atoms with Crippen LogP contribution in [0.15, 0.2) is 30.7 Å². The molecule has 0 aliphatic heterocycles. The first kappa shape index (κ1) is 15.0. The van der Waals surface area contributed by atoms with Gasteiger partial charge in [-0.15, -0.1) is 0 Å². The number of aryl methyl sites for hydroxylation is 1. The van der Waals surface area contributed by atoms with E-state index >= 15 is 0 Å². The van der Waals surface area contributed by atoms with Gasteiger partial charge in [0, 0.05) is 44.8 Å². The van der Waals surface area contributed by atoms with Crippen molar-refractivity contribution in [1.29, 1.82) is 0 Å². The summed E-state index contributed by atoms with van der Waals surface area (Å²) in [4.78, 5) is 6.46. The van der Waals surface area contributed by atoms with Crippen LogP contribution in [0.4, 0.5) is 0 Å². The van der Waals surface area contributed by atoms with Crippen molar-refractivity contribution >= 4 is 11.6 Å². The summed E-state index contributed by atoms with van der Waals surface area (Å²) in [6.45, 7) is 6.07.